The molecule has 0 aliphatic carbocycles. The van der Waals surface area contributed by atoms with E-state index < -0.39 is 0 Å². The number of benzene rings is 2. The molecule has 4 rings (SSSR count). The molecule has 1 amide bonds. The number of carbonyl (C=O) groups excluding carboxylic acids is 1. The first-order chi connectivity index (χ1) is 14.9. The smallest absolute Gasteiger partial charge is 0.273 e. The third-order valence-corrected chi connectivity index (χ3v) is 6.35. The fourth-order valence-electron chi connectivity index (χ4n) is 3.84. The molecular formula is C24H28N4O2S. The number of nitrogens with zero attached hydrogens (tertiary/aromatic N) is 3. The number of aromatic nitrogens is 1. The fraction of sp³-hybridized carbons (Fsp3) is 0.333. The van der Waals surface area contributed by atoms with Crippen molar-refractivity contribution in [3.63, 3.8) is 0 Å². The van der Waals surface area contributed by atoms with Crippen molar-refractivity contribution in [3.8, 4) is 5.75 Å². The Balaban J connectivity index is 1.41. The average molecular weight is 437 g/mol. The van der Waals surface area contributed by atoms with Crippen LogP contribution in [-0.4, -0.2) is 49.1 Å². The minimum absolute atomic E-state index is 0.0129. The summed E-state index contributed by atoms with van der Waals surface area (Å²) in [6, 6.07) is 12.5. The van der Waals surface area contributed by atoms with Crippen molar-refractivity contribution in [2.75, 3.05) is 43.5 Å². The van der Waals surface area contributed by atoms with Gasteiger partial charge in [-0.2, -0.15) is 0 Å². The predicted molar refractivity (Wildman–Crippen MR) is 127 cm³/mol. The summed E-state index contributed by atoms with van der Waals surface area (Å²) in [4.78, 5) is 21.8. The molecule has 3 aromatic rings. The lowest BCUT2D eigenvalue weighted by Crippen LogP contribution is -2.49. The van der Waals surface area contributed by atoms with Crippen molar-refractivity contribution in [1.82, 2.24) is 9.88 Å². The van der Waals surface area contributed by atoms with E-state index >= 15 is 0 Å². The van der Waals surface area contributed by atoms with E-state index in [9.17, 15) is 4.79 Å². The number of nitrogens with one attached hydrogen (secondary N) is 1. The van der Waals surface area contributed by atoms with Crippen LogP contribution in [0, 0.1) is 20.8 Å². The second-order valence-electron chi connectivity index (χ2n) is 7.94. The molecule has 0 atom stereocenters. The zero-order chi connectivity index (χ0) is 22.0. The number of piperazine rings is 1. The van der Waals surface area contributed by atoms with E-state index in [1.54, 1.807) is 7.11 Å². The Bertz CT molecular complexity index is 1090. The van der Waals surface area contributed by atoms with Gasteiger partial charge in [-0.1, -0.05) is 18.2 Å². The van der Waals surface area contributed by atoms with Gasteiger partial charge in [0.15, 0.2) is 5.13 Å². The molecule has 1 fully saturated rings. The van der Waals surface area contributed by atoms with Crippen molar-refractivity contribution in [2.45, 2.75) is 20.8 Å². The van der Waals surface area contributed by atoms with Crippen LogP contribution in [0.5, 0.6) is 5.75 Å². The number of anilines is 3. The van der Waals surface area contributed by atoms with Gasteiger partial charge in [-0.05, 0) is 55.7 Å². The predicted octanol–water partition coefficient (Wildman–Crippen LogP) is 4.78. The highest BCUT2D eigenvalue weighted by molar-refractivity contribution is 7.14. The van der Waals surface area contributed by atoms with Gasteiger partial charge < -0.3 is 19.9 Å². The van der Waals surface area contributed by atoms with E-state index in [1.807, 2.05) is 35.4 Å². The molecule has 1 aliphatic rings. The molecule has 1 aliphatic heterocycles. The lowest BCUT2D eigenvalue weighted by atomic mass is 10.1. The summed E-state index contributed by atoms with van der Waals surface area (Å²) in [5, 5.41) is 5.79. The van der Waals surface area contributed by atoms with Crippen LogP contribution in [0.25, 0.3) is 0 Å². The van der Waals surface area contributed by atoms with Gasteiger partial charge in [0.2, 0.25) is 0 Å². The summed E-state index contributed by atoms with van der Waals surface area (Å²) >= 11 is 1.43. The average Bonchev–Trinajstić information content (AvgIpc) is 3.24. The molecule has 0 bridgehead atoms. The second kappa shape index (κ2) is 8.98. The summed E-state index contributed by atoms with van der Waals surface area (Å²) in [5.41, 5.74) is 6.24. The number of rotatable bonds is 5. The highest BCUT2D eigenvalue weighted by Gasteiger charge is 2.25. The Morgan fingerprint density at radius 3 is 2.48 bits per heavy atom. The highest BCUT2D eigenvalue weighted by Crippen LogP contribution is 2.30. The van der Waals surface area contributed by atoms with Gasteiger partial charge in [-0.25, -0.2) is 4.98 Å². The Kier molecular flexibility index (Phi) is 6.13. The van der Waals surface area contributed by atoms with E-state index in [2.05, 4.69) is 47.2 Å². The van der Waals surface area contributed by atoms with Gasteiger partial charge >= 0.3 is 0 Å². The molecule has 0 spiro atoms. The van der Waals surface area contributed by atoms with Gasteiger partial charge in [0.1, 0.15) is 11.4 Å². The van der Waals surface area contributed by atoms with Crippen molar-refractivity contribution < 1.29 is 9.53 Å². The molecule has 1 saturated heterocycles. The standard InChI is InChI=1S/C24H28N4O2S/c1-16-6-8-22(30-4)19(13-16)25-24-26-20(15-31-24)23(29)28-11-9-27(10-12-28)21-14-17(2)5-7-18(21)3/h5-8,13-15H,9-12H2,1-4H3,(H,25,26). The van der Waals surface area contributed by atoms with Crippen molar-refractivity contribution >= 4 is 33.8 Å². The molecule has 2 heterocycles. The molecule has 2 aromatic carbocycles. The van der Waals surface area contributed by atoms with Crippen LogP contribution in [0.2, 0.25) is 0 Å². The van der Waals surface area contributed by atoms with Gasteiger partial charge in [0.25, 0.3) is 5.91 Å². The zero-order valence-corrected chi connectivity index (χ0v) is 19.3. The first kappa shape index (κ1) is 21.2. The topological polar surface area (TPSA) is 57.7 Å². The van der Waals surface area contributed by atoms with Crippen LogP contribution < -0.4 is 15.0 Å². The Labute approximate surface area is 187 Å². The zero-order valence-electron chi connectivity index (χ0n) is 18.4. The summed E-state index contributed by atoms with van der Waals surface area (Å²) in [6.45, 7) is 9.32. The largest absolute Gasteiger partial charge is 0.495 e. The molecule has 0 saturated carbocycles. The van der Waals surface area contributed by atoms with Gasteiger partial charge in [0, 0.05) is 37.2 Å². The molecule has 1 aromatic heterocycles. The van der Waals surface area contributed by atoms with E-state index in [0.29, 0.717) is 23.9 Å². The molecule has 7 heteroatoms. The summed E-state index contributed by atoms with van der Waals surface area (Å²) in [6.07, 6.45) is 0. The van der Waals surface area contributed by atoms with Crippen LogP contribution in [-0.2, 0) is 0 Å². The molecule has 0 unspecified atom stereocenters. The normalized spacial score (nSPS) is 13.9. The van der Waals surface area contributed by atoms with Crippen molar-refractivity contribution in [1.29, 1.82) is 0 Å². The third kappa shape index (κ3) is 4.66. The molecular weight excluding hydrogens is 408 g/mol. The van der Waals surface area contributed by atoms with Gasteiger partial charge in [-0.3, -0.25) is 4.79 Å². The van der Waals surface area contributed by atoms with Crippen molar-refractivity contribution in [3.05, 3.63) is 64.2 Å². The molecule has 31 heavy (non-hydrogen) atoms. The lowest BCUT2D eigenvalue weighted by Gasteiger charge is -2.36. The van der Waals surface area contributed by atoms with Gasteiger partial charge in [0.05, 0.1) is 12.8 Å². The van der Waals surface area contributed by atoms with E-state index in [0.717, 1.165) is 30.1 Å². The number of thiazole rings is 1. The maximum atomic E-state index is 13.0. The highest BCUT2D eigenvalue weighted by atomic mass is 32.1. The number of ether oxygens (including phenoxy) is 1. The first-order valence-electron chi connectivity index (χ1n) is 10.4. The minimum Gasteiger partial charge on any atom is -0.495 e. The maximum absolute atomic E-state index is 13.0. The maximum Gasteiger partial charge on any atom is 0.273 e. The third-order valence-electron chi connectivity index (χ3n) is 5.59. The number of aryl methyl sites for hydroxylation is 3. The van der Waals surface area contributed by atoms with Crippen LogP contribution >= 0.6 is 11.3 Å². The molecule has 162 valence electrons. The second-order valence-corrected chi connectivity index (χ2v) is 8.79. The van der Waals surface area contributed by atoms with E-state index in [4.69, 9.17) is 4.74 Å². The Morgan fingerprint density at radius 1 is 1.03 bits per heavy atom. The van der Waals surface area contributed by atoms with Crippen molar-refractivity contribution in [2.24, 2.45) is 0 Å². The number of methoxy groups -OCH3 is 1. The summed E-state index contributed by atoms with van der Waals surface area (Å²) in [7, 11) is 1.64. The Hall–Kier alpha value is -3.06. The summed E-state index contributed by atoms with van der Waals surface area (Å²) in [5.74, 6) is 0.734. The van der Waals surface area contributed by atoms with E-state index in [1.165, 1.54) is 28.2 Å². The SMILES string of the molecule is COc1ccc(C)cc1Nc1nc(C(=O)N2CCN(c3cc(C)ccc3C)CC2)cs1. The van der Waals surface area contributed by atoms with Crippen LogP contribution in [0.15, 0.2) is 41.8 Å². The number of carbonyl (C=O) groups is 1. The number of hydrogen-bond acceptors (Lipinski definition) is 6. The quantitative estimate of drug-likeness (QED) is 0.624. The van der Waals surface area contributed by atoms with E-state index in [-0.39, 0.29) is 5.91 Å². The first-order valence-corrected chi connectivity index (χ1v) is 11.3. The van der Waals surface area contributed by atoms with Gasteiger partial charge in [-0.15, -0.1) is 11.3 Å². The van der Waals surface area contributed by atoms with Crippen LogP contribution in [0.4, 0.5) is 16.5 Å². The number of hydrogen-bond donors (Lipinski definition) is 1. The minimum atomic E-state index is -0.0129. The summed E-state index contributed by atoms with van der Waals surface area (Å²) < 4.78 is 5.42. The number of amides is 1. The Morgan fingerprint density at radius 2 is 1.74 bits per heavy atom. The lowest BCUT2D eigenvalue weighted by molar-refractivity contribution is 0.0742. The molecule has 6 nitrogen and oxygen atoms in total. The molecule has 0 radical (unpaired) electrons. The fourth-order valence-corrected chi connectivity index (χ4v) is 4.53. The monoisotopic (exact) mass is 436 g/mol. The van der Waals surface area contributed by atoms with Crippen LogP contribution in [0.1, 0.15) is 27.2 Å². The molecule has 1 N–H and O–H groups in total. The van der Waals surface area contributed by atoms with Crippen LogP contribution in [0.3, 0.4) is 0 Å².